The third kappa shape index (κ3) is 3.17. The van der Waals surface area contributed by atoms with Crippen molar-refractivity contribution in [2.75, 3.05) is 0 Å². The summed E-state index contributed by atoms with van der Waals surface area (Å²) in [7, 11) is 0. The van der Waals surface area contributed by atoms with E-state index in [1.807, 2.05) is 0 Å². The maximum atomic E-state index is 6.74. The van der Waals surface area contributed by atoms with Crippen molar-refractivity contribution in [1.82, 2.24) is 9.13 Å². The first-order chi connectivity index (χ1) is 24.3. The fourth-order valence-electron chi connectivity index (χ4n) is 8.85. The monoisotopic (exact) mass is 622 g/mol. The van der Waals surface area contributed by atoms with Crippen LogP contribution in [-0.4, -0.2) is 9.13 Å². The van der Waals surface area contributed by atoms with Gasteiger partial charge >= 0.3 is 0 Å². The molecular formula is C46H26N2O. The molecule has 226 valence electrons. The van der Waals surface area contributed by atoms with Crippen LogP contribution in [0.2, 0.25) is 0 Å². The SMILES string of the molecule is c1ccc(-n2c3ccccc3c3ccc4c5c6oc7ccccc7c6ccc5n(-c5ccc6c(c5)-c5cccc7cccc-6c57)c4c32)cc1. The molecule has 12 rings (SSSR count). The number of benzene rings is 8. The van der Waals surface area contributed by atoms with E-state index in [0.717, 1.165) is 44.2 Å². The highest BCUT2D eigenvalue weighted by molar-refractivity contribution is 6.29. The summed E-state index contributed by atoms with van der Waals surface area (Å²) in [6.07, 6.45) is 0. The van der Waals surface area contributed by atoms with E-state index in [9.17, 15) is 0 Å². The van der Waals surface area contributed by atoms with Gasteiger partial charge < -0.3 is 13.6 Å². The highest BCUT2D eigenvalue weighted by Crippen LogP contribution is 2.50. The summed E-state index contributed by atoms with van der Waals surface area (Å²) in [5, 5.41) is 9.70. The highest BCUT2D eigenvalue weighted by atomic mass is 16.3. The first kappa shape index (κ1) is 25.5. The van der Waals surface area contributed by atoms with Gasteiger partial charge in [-0.05, 0) is 81.6 Å². The van der Waals surface area contributed by atoms with Crippen LogP contribution >= 0.6 is 0 Å². The molecule has 0 saturated heterocycles. The molecular weight excluding hydrogens is 597 g/mol. The predicted molar refractivity (Wildman–Crippen MR) is 204 cm³/mol. The standard InChI is InChI=1S/C46H26N2O/c1-2-12-28(13-3-1)47-39-18-6-4-14-31(39)35-22-23-37-43-40(25-24-36-32-15-5-7-19-41(32)49-46(36)43)48(45(37)44(35)47)29-20-21-30-33-16-8-10-27-11-9-17-34(42(27)33)38(30)26-29/h1-26H. The van der Waals surface area contributed by atoms with Crippen LogP contribution in [0.3, 0.4) is 0 Å². The zero-order chi connectivity index (χ0) is 31.8. The molecule has 0 fully saturated rings. The number of aromatic nitrogens is 2. The van der Waals surface area contributed by atoms with E-state index in [-0.39, 0.29) is 0 Å². The minimum Gasteiger partial charge on any atom is -0.455 e. The smallest absolute Gasteiger partial charge is 0.145 e. The summed E-state index contributed by atoms with van der Waals surface area (Å²) in [6.45, 7) is 0. The number of rotatable bonds is 2. The van der Waals surface area contributed by atoms with Crippen LogP contribution in [0, 0.1) is 0 Å². The molecule has 8 aromatic carbocycles. The second kappa shape index (κ2) is 9.06. The maximum Gasteiger partial charge on any atom is 0.145 e. The van der Waals surface area contributed by atoms with E-state index in [2.05, 4.69) is 167 Å². The molecule has 49 heavy (non-hydrogen) atoms. The Bertz CT molecular complexity index is 3200. The lowest BCUT2D eigenvalue weighted by molar-refractivity contribution is 0.673. The Morgan fingerprint density at radius 3 is 1.94 bits per heavy atom. The van der Waals surface area contributed by atoms with E-state index in [1.54, 1.807) is 0 Å². The van der Waals surface area contributed by atoms with E-state index >= 15 is 0 Å². The van der Waals surface area contributed by atoms with Crippen LogP contribution in [0.25, 0.3) is 110 Å². The molecule has 3 heteroatoms. The minimum atomic E-state index is 0.911. The van der Waals surface area contributed by atoms with Gasteiger partial charge in [-0.1, -0.05) is 109 Å². The minimum absolute atomic E-state index is 0.911. The Hall–Kier alpha value is -6.58. The van der Waals surface area contributed by atoms with Crippen LogP contribution in [0.5, 0.6) is 0 Å². The third-order valence-electron chi connectivity index (χ3n) is 10.8. The first-order valence-corrected chi connectivity index (χ1v) is 16.9. The Kier molecular flexibility index (Phi) is 4.72. The second-order valence-electron chi connectivity index (χ2n) is 13.3. The largest absolute Gasteiger partial charge is 0.455 e. The van der Waals surface area contributed by atoms with Crippen molar-refractivity contribution in [1.29, 1.82) is 0 Å². The van der Waals surface area contributed by atoms with Crippen LogP contribution in [-0.2, 0) is 0 Å². The number of hydrogen-bond donors (Lipinski definition) is 0. The van der Waals surface area contributed by atoms with Crippen molar-refractivity contribution in [3.05, 3.63) is 158 Å². The molecule has 0 spiro atoms. The lowest BCUT2D eigenvalue weighted by Crippen LogP contribution is -1.99. The van der Waals surface area contributed by atoms with Crippen molar-refractivity contribution in [2.45, 2.75) is 0 Å². The Balaban J connectivity index is 1.30. The van der Waals surface area contributed by atoms with Gasteiger partial charge in [0, 0.05) is 38.3 Å². The molecule has 1 aliphatic rings. The zero-order valence-corrected chi connectivity index (χ0v) is 26.3. The van der Waals surface area contributed by atoms with Gasteiger partial charge in [-0.15, -0.1) is 0 Å². The summed E-state index contributed by atoms with van der Waals surface area (Å²) in [5.41, 5.74) is 14.0. The van der Waals surface area contributed by atoms with Gasteiger partial charge in [-0.25, -0.2) is 0 Å². The third-order valence-corrected chi connectivity index (χ3v) is 10.8. The molecule has 0 amide bonds. The molecule has 0 radical (unpaired) electrons. The Labute approximate surface area is 280 Å². The Morgan fingerprint density at radius 2 is 1.06 bits per heavy atom. The van der Waals surface area contributed by atoms with Crippen molar-refractivity contribution in [2.24, 2.45) is 0 Å². The van der Waals surface area contributed by atoms with E-state index in [4.69, 9.17) is 4.42 Å². The summed E-state index contributed by atoms with van der Waals surface area (Å²) >= 11 is 0. The van der Waals surface area contributed by atoms with Crippen molar-refractivity contribution in [3.8, 4) is 33.6 Å². The molecule has 0 atom stereocenters. The highest BCUT2D eigenvalue weighted by Gasteiger charge is 2.26. The van der Waals surface area contributed by atoms with E-state index < -0.39 is 0 Å². The fourth-order valence-corrected chi connectivity index (χ4v) is 8.85. The van der Waals surface area contributed by atoms with E-state index in [0.29, 0.717) is 0 Å². The fraction of sp³-hybridized carbons (Fsp3) is 0. The Morgan fingerprint density at radius 1 is 0.367 bits per heavy atom. The number of para-hydroxylation sites is 3. The van der Waals surface area contributed by atoms with Gasteiger partial charge in [0.1, 0.15) is 11.2 Å². The predicted octanol–water partition coefficient (Wildman–Crippen LogP) is 12.6. The van der Waals surface area contributed by atoms with Gasteiger partial charge in [0.15, 0.2) is 0 Å². The van der Waals surface area contributed by atoms with Gasteiger partial charge in [0.2, 0.25) is 0 Å². The number of fused-ring (bicyclic) bond motifs is 14. The first-order valence-electron chi connectivity index (χ1n) is 16.9. The molecule has 0 bridgehead atoms. The second-order valence-corrected chi connectivity index (χ2v) is 13.3. The van der Waals surface area contributed by atoms with Gasteiger partial charge in [-0.2, -0.15) is 0 Å². The maximum absolute atomic E-state index is 6.74. The van der Waals surface area contributed by atoms with Crippen molar-refractivity contribution < 1.29 is 4.42 Å². The van der Waals surface area contributed by atoms with Crippen LogP contribution in [0.4, 0.5) is 0 Å². The van der Waals surface area contributed by atoms with Gasteiger partial charge in [0.25, 0.3) is 0 Å². The molecule has 0 unspecified atom stereocenters. The van der Waals surface area contributed by atoms with Crippen LogP contribution < -0.4 is 0 Å². The lowest BCUT2D eigenvalue weighted by atomic mass is 10.0. The van der Waals surface area contributed by atoms with Crippen molar-refractivity contribution in [3.63, 3.8) is 0 Å². The summed E-state index contributed by atoms with van der Waals surface area (Å²) < 4.78 is 11.7. The molecule has 0 N–H and O–H groups in total. The van der Waals surface area contributed by atoms with Gasteiger partial charge in [-0.3, -0.25) is 0 Å². The summed E-state index contributed by atoms with van der Waals surface area (Å²) in [5.74, 6) is 0. The van der Waals surface area contributed by atoms with Crippen LogP contribution in [0.1, 0.15) is 0 Å². The topological polar surface area (TPSA) is 23.0 Å². The molecule has 0 aliphatic heterocycles. The molecule has 3 nitrogen and oxygen atoms in total. The number of furan rings is 1. The number of nitrogens with zero attached hydrogens (tertiary/aromatic N) is 2. The summed E-state index contributed by atoms with van der Waals surface area (Å²) in [6, 6.07) is 57.5. The molecule has 3 aromatic heterocycles. The molecule has 0 saturated carbocycles. The van der Waals surface area contributed by atoms with Gasteiger partial charge in [0.05, 0.1) is 27.5 Å². The number of hydrogen-bond acceptors (Lipinski definition) is 1. The van der Waals surface area contributed by atoms with Crippen molar-refractivity contribution >= 4 is 76.3 Å². The molecule has 11 aromatic rings. The zero-order valence-electron chi connectivity index (χ0n) is 26.3. The molecule has 3 heterocycles. The average molecular weight is 623 g/mol. The molecule has 1 aliphatic carbocycles. The average Bonchev–Trinajstić information content (AvgIpc) is 3.89. The van der Waals surface area contributed by atoms with E-state index in [1.165, 1.54) is 65.7 Å². The normalized spacial score (nSPS) is 12.5. The summed E-state index contributed by atoms with van der Waals surface area (Å²) in [4.78, 5) is 0. The quantitative estimate of drug-likeness (QED) is 0.188. The lowest BCUT2D eigenvalue weighted by Gasteiger charge is -2.14. The van der Waals surface area contributed by atoms with Crippen LogP contribution in [0.15, 0.2) is 162 Å².